The molecule has 1 amide bonds. The molecule has 0 saturated carbocycles. The van der Waals surface area contributed by atoms with Crippen molar-refractivity contribution in [3.63, 3.8) is 0 Å². The molecule has 0 aliphatic carbocycles. The first-order chi connectivity index (χ1) is 9.97. The van der Waals surface area contributed by atoms with Gasteiger partial charge in [-0.1, -0.05) is 25.4 Å². The highest BCUT2D eigenvalue weighted by Gasteiger charge is 2.17. The standard InChI is InChI=1S/C16H25ClN2O2/c1-5-11(3)19-16(20)12(4)21-15-8-7-14(17)9-13(15)10-18-6-2/h7-9,11-12,18H,5-6,10H2,1-4H3,(H,19,20). The highest BCUT2D eigenvalue weighted by atomic mass is 35.5. The Morgan fingerprint density at radius 2 is 2.05 bits per heavy atom. The van der Waals surface area contributed by atoms with Gasteiger partial charge in [-0.3, -0.25) is 4.79 Å². The monoisotopic (exact) mass is 312 g/mol. The Kier molecular flexibility index (Phi) is 7.54. The molecule has 4 nitrogen and oxygen atoms in total. The van der Waals surface area contributed by atoms with E-state index in [4.69, 9.17) is 16.3 Å². The normalized spacial score (nSPS) is 13.6. The second kappa shape index (κ2) is 8.90. The minimum absolute atomic E-state index is 0.103. The summed E-state index contributed by atoms with van der Waals surface area (Å²) in [7, 11) is 0. The Morgan fingerprint density at radius 3 is 2.67 bits per heavy atom. The van der Waals surface area contributed by atoms with Crippen LogP contribution in [0, 0.1) is 0 Å². The number of amides is 1. The van der Waals surface area contributed by atoms with Gasteiger partial charge in [0.25, 0.3) is 5.91 Å². The van der Waals surface area contributed by atoms with Crippen LogP contribution in [0.1, 0.15) is 39.7 Å². The average molecular weight is 313 g/mol. The second-order valence-corrected chi connectivity index (χ2v) is 5.55. The Labute approximate surface area is 132 Å². The number of carbonyl (C=O) groups is 1. The lowest BCUT2D eigenvalue weighted by molar-refractivity contribution is -0.127. The van der Waals surface area contributed by atoms with Crippen LogP contribution in [0.5, 0.6) is 5.75 Å². The summed E-state index contributed by atoms with van der Waals surface area (Å²) in [6.07, 6.45) is 0.353. The summed E-state index contributed by atoms with van der Waals surface area (Å²) >= 11 is 6.02. The van der Waals surface area contributed by atoms with Crippen molar-refractivity contribution in [2.24, 2.45) is 0 Å². The summed E-state index contributed by atoms with van der Waals surface area (Å²) in [5.41, 5.74) is 0.951. The van der Waals surface area contributed by atoms with Gasteiger partial charge in [0.2, 0.25) is 0 Å². The summed E-state index contributed by atoms with van der Waals surface area (Å²) in [5, 5.41) is 6.81. The molecule has 118 valence electrons. The average Bonchev–Trinajstić information content (AvgIpc) is 2.46. The van der Waals surface area contributed by atoms with E-state index in [0.717, 1.165) is 18.5 Å². The minimum atomic E-state index is -0.541. The van der Waals surface area contributed by atoms with Gasteiger partial charge >= 0.3 is 0 Å². The molecule has 2 N–H and O–H groups in total. The predicted octanol–water partition coefficient (Wildman–Crippen LogP) is 3.13. The molecule has 0 fully saturated rings. The van der Waals surface area contributed by atoms with E-state index in [-0.39, 0.29) is 11.9 Å². The van der Waals surface area contributed by atoms with Gasteiger partial charge in [-0.05, 0) is 45.0 Å². The molecule has 5 heteroatoms. The van der Waals surface area contributed by atoms with E-state index in [2.05, 4.69) is 10.6 Å². The molecule has 0 saturated heterocycles. The van der Waals surface area contributed by atoms with Crippen LogP contribution in [0.2, 0.25) is 5.02 Å². The van der Waals surface area contributed by atoms with Crippen LogP contribution in [0.15, 0.2) is 18.2 Å². The summed E-state index contributed by atoms with van der Waals surface area (Å²) < 4.78 is 5.79. The molecular formula is C16H25ClN2O2. The molecule has 2 unspecified atom stereocenters. The lowest BCUT2D eigenvalue weighted by Crippen LogP contribution is -2.41. The van der Waals surface area contributed by atoms with Crippen molar-refractivity contribution in [1.29, 1.82) is 0 Å². The molecule has 0 radical (unpaired) electrons. The summed E-state index contributed by atoms with van der Waals surface area (Å²) in [5.74, 6) is 0.584. The summed E-state index contributed by atoms with van der Waals surface area (Å²) in [6, 6.07) is 5.59. The Hall–Kier alpha value is -1.26. The Morgan fingerprint density at radius 1 is 1.33 bits per heavy atom. The quantitative estimate of drug-likeness (QED) is 0.775. The summed E-state index contributed by atoms with van der Waals surface area (Å²) in [4.78, 5) is 12.0. The fourth-order valence-electron chi connectivity index (χ4n) is 1.77. The fourth-order valence-corrected chi connectivity index (χ4v) is 1.96. The van der Waals surface area contributed by atoms with Crippen molar-refractivity contribution in [3.8, 4) is 5.75 Å². The van der Waals surface area contributed by atoms with Crippen molar-refractivity contribution >= 4 is 17.5 Å². The zero-order valence-corrected chi connectivity index (χ0v) is 14.0. The van der Waals surface area contributed by atoms with E-state index in [1.165, 1.54) is 0 Å². The van der Waals surface area contributed by atoms with E-state index in [0.29, 0.717) is 17.3 Å². The van der Waals surface area contributed by atoms with E-state index in [1.54, 1.807) is 13.0 Å². The predicted molar refractivity (Wildman–Crippen MR) is 86.8 cm³/mol. The van der Waals surface area contributed by atoms with Crippen molar-refractivity contribution in [2.75, 3.05) is 6.54 Å². The van der Waals surface area contributed by atoms with Crippen LogP contribution < -0.4 is 15.4 Å². The molecule has 21 heavy (non-hydrogen) atoms. The van der Waals surface area contributed by atoms with Crippen LogP contribution in [0.4, 0.5) is 0 Å². The molecule has 0 spiro atoms. The molecule has 0 bridgehead atoms. The van der Waals surface area contributed by atoms with E-state index in [9.17, 15) is 4.79 Å². The van der Waals surface area contributed by atoms with Gasteiger partial charge in [-0.15, -0.1) is 0 Å². The van der Waals surface area contributed by atoms with Crippen molar-refractivity contribution in [2.45, 2.75) is 52.8 Å². The third kappa shape index (κ3) is 5.94. The van der Waals surface area contributed by atoms with E-state index >= 15 is 0 Å². The molecule has 1 aromatic rings. The molecule has 1 aromatic carbocycles. The lowest BCUT2D eigenvalue weighted by Gasteiger charge is -2.19. The SMILES string of the molecule is CCNCc1cc(Cl)ccc1OC(C)C(=O)NC(C)CC. The maximum Gasteiger partial charge on any atom is 0.260 e. The number of benzene rings is 1. The number of rotatable bonds is 8. The van der Waals surface area contributed by atoms with Crippen molar-refractivity contribution in [3.05, 3.63) is 28.8 Å². The number of hydrogen-bond acceptors (Lipinski definition) is 3. The molecule has 0 aliphatic rings. The minimum Gasteiger partial charge on any atom is -0.481 e. The van der Waals surface area contributed by atoms with Crippen LogP contribution in [0.3, 0.4) is 0 Å². The van der Waals surface area contributed by atoms with Gasteiger partial charge in [-0.25, -0.2) is 0 Å². The molecule has 0 aromatic heterocycles. The first-order valence-corrected chi connectivity index (χ1v) is 7.81. The maximum absolute atomic E-state index is 12.0. The van der Waals surface area contributed by atoms with Crippen LogP contribution in [-0.2, 0) is 11.3 Å². The number of halogens is 1. The topological polar surface area (TPSA) is 50.4 Å². The van der Waals surface area contributed by atoms with Gasteiger partial charge in [0.15, 0.2) is 6.10 Å². The smallest absolute Gasteiger partial charge is 0.260 e. The van der Waals surface area contributed by atoms with Crippen LogP contribution in [0.25, 0.3) is 0 Å². The Bertz CT molecular complexity index is 466. The largest absolute Gasteiger partial charge is 0.481 e. The maximum atomic E-state index is 12.0. The Balaban J connectivity index is 2.74. The highest BCUT2D eigenvalue weighted by Crippen LogP contribution is 2.24. The van der Waals surface area contributed by atoms with Gasteiger partial charge in [0.1, 0.15) is 5.75 Å². The van der Waals surface area contributed by atoms with Gasteiger partial charge in [0, 0.05) is 23.2 Å². The number of hydrogen-bond donors (Lipinski definition) is 2. The molecular weight excluding hydrogens is 288 g/mol. The van der Waals surface area contributed by atoms with Gasteiger partial charge < -0.3 is 15.4 Å². The summed E-state index contributed by atoms with van der Waals surface area (Å²) in [6.45, 7) is 9.31. The third-order valence-corrected chi connectivity index (χ3v) is 3.50. The number of carbonyl (C=O) groups excluding carboxylic acids is 1. The van der Waals surface area contributed by atoms with Crippen molar-refractivity contribution < 1.29 is 9.53 Å². The molecule has 0 heterocycles. The van der Waals surface area contributed by atoms with Gasteiger partial charge in [0.05, 0.1) is 0 Å². The van der Waals surface area contributed by atoms with Crippen LogP contribution >= 0.6 is 11.6 Å². The zero-order valence-electron chi connectivity index (χ0n) is 13.2. The molecule has 2 atom stereocenters. The fraction of sp³-hybridized carbons (Fsp3) is 0.562. The first-order valence-electron chi connectivity index (χ1n) is 7.44. The first kappa shape index (κ1) is 17.8. The molecule has 0 aliphatic heterocycles. The second-order valence-electron chi connectivity index (χ2n) is 5.11. The number of nitrogens with one attached hydrogen (secondary N) is 2. The van der Waals surface area contributed by atoms with Gasteiger partial charge in [-0.2, -0.15) is 0 Å². The molecule has 1 rings (SSSR count). The number of ether oxygens (including phenoxy) is 1. The lowest BCUT2D eigenvalue weighted by atomic mass is 10.2. The third-order valence-electron chi connectivity index (χ3n) is 3.26. The van der Waals surface area contributed by atoms with Crippen LogP contribution in [-0.4, -0.2) is 24.6 Å². The van der Waals surface area contributed by atoms with E-state index < -0.39 is 6.10 Å². The zero-order chi connectivity index (χ0) is 15.8. The van der Waals surface area contributed by atoms with Crippen molar-refractivity contribution in [1.82, 2.24) is 10.6 Å². The highest BCUT2D eigenvalue weighted by molar-refractivity contribution is 6.30. The van der Waals surface area contributed by atoms with E-state index in [1.807, 2.05) is 32.9 Å².